The highest BCUT2D eigenvalue weighted by molar-refractivity contribution is 7.80. The van der Waals surface area contributed by atoms with Gasteiger partial charge in [0.1, 0.15) is 4.99 Å². The average molecular weight is 262 g/mol. The van der Waals surface area contributed by atoms with Crippen LogP contribution in [0, 0.1) is 0 Å². The van der Waals surface area contributed by atoms with E-state index in [9.17, 15) is 0 Å². The van der Waals surface area contributed by atoms with Crippen LogP contribution in [0.1, 0.15) is 12.0 Å². The number of hydrogen-bond donors (Lipinski definition) is 2. The number of nitrogens with two attached hydrogens (primary N) is 1. The number of anilines is 1. The summed E-state index contributed by atoms with van der Waals surface area (Å²) in [5.74, 6) is 0.635. The second-order valence-corrected chi connectivity index (χ2v) is 4.18. The third kappa shape index (κ3) is 3.24. The Balaban J connectivity index is 1.85. The van der Waals surface area contributed by atoms with Crippen molar-refractivity contribution >= 4 is 23.0 Å². The van der Waals surface area contributed by atoms with E-state index < -0.39 is 0 Å². The lowest BCUT2D eigenvalue weighted by Crippen LogP contribution is -2.16. The van der Waals surface area contributed by atoms with Crippen LogP contribution < -0.4 is 11.1 Å². The van der Waals surface area contributed by atoms with E-state index in [0.717, 1.165) is 25.1 Å². The monoisotopic (exact) mass is 262 g/mol. The quantitative estimate of drug-likeness (QED) is 0.592. The number of imidazole rings is 1. The maximum Gasteiger partial charge on any atom is 0.158 e. The maximum atomic E-state index is 5.61. The molecule has 0 bridgehead atoms. The molecular formula is C11H14N6S. The Labute approximate surface area is 110 Å². The van der Waals surface area contributed by atoms with E-state index in [1.807, 2.05) is 10.8 Å². The number of aryl methyl sites for hydroxylation is 1. The van der Waals surface area contributed by atoms with Gasteiger partial charge in [-0.2, -0.15) is 5.10 Å². The highest BCUT2D eigenvalue weighted by atomic mass is 32.1. The van der Waals surface area contributed by atoms with E-state index in [1.54, 1.807) is 24.8 Å². The summed E-state index contributed by atoms with van der Waals surface area (Å²) < 4.78 is 2.02. The minimum atomic E-state index is 0.321. The molecular weight excluding hydrogens is 248 g/mol. The molecule has 6 nitrogen and oxygen atoms in total. The van der Waals surface area contributed by atoms with Crippen molar-refractivity contribution in [1.82, 2.24) is 19.7 Å². The molecule has 18 heavy (non-hydrogen) atoms. The van der Waals surface area contributed by atoms with Gasteiger partial charge in [0.2, 0.25) is 0 Å². The van der Waals surface area contributed by atoms with Crippen molar-refractivity contribution in [1.29, 1.82) is 0 Å². The summed E-state index contributed by atoms with van der Waals surface area (Å²) in [7, 11) is 0. The smallest absolute Gasteiger partial charge is 0.158 e. The second-order valence-electron chi connectivity index (χ2n) is 3.74. The number of thiocarbonyl (C=S) groups is 1. The molecule has 94 valence electrons. The molecule has 0 aliphatic carbocycles. The summed E-state index contributed by atoms with van der Waals surface area (Å²) in [4.78, 5) is 4.30. The van der Waals surface area contributed by atoms with Gasteiger partial charge in [0.25, 0.3) is 0 Å². The normalized spacial score (nSPS) is 10.2. The first-order chi connectivity index (χ1) is 8.77. The Morgan fingerprint density at radius 2 is 2.33 bits per heavy atom. The topological polar surface area (TPSA) is 81.6 Å². The predicted octanol–water partition coefficient (Wildman–Crippen LogP) is 0.809. The number of nitrogens with zero attached hydrogens (tertiary/aromatic N) is 4. The fourth-order valence-electron chi connectivity index (χ4n) is 1.55. The Bertz CT molecular complexity index is 510. The highest BCUT2D eigenvalue weighted by Gasteiger charge is 2.05. The largest absolute Gasteiger partial charge is 0.389 e. The van der Waals surface area contributed by atoms with Crippen LogP contribution in [0.5, 0.6) is 0 Å². The first-order valence-electron chi connectivity index (χ1n) is 5.58. The van der Waals surface area contributed by atoms with E-state index in [0.29, 0.717) is 10.8 Å². The molecule has 3 N–H and O–H groups in total. The van der Waals surface area contributed by atoms with Crippen LogP contribution in [-0.4, -0.2) is 31.3 Å². The fraction of sp³-hybridized carbons (Fsp3) is 0.273. The lowest BCUT2D eigenvalue weighted by atomic mass is 10.3. The first-order valence-corrected chi connectivity index (χ1v) is 5.99. The van der Waals surface area contributed by atoms with Gasteiger partial charge in [0, 0.05) is 25.5 Å². The van der Waals surface area contributed by atoms with Crippen molar-refractivity contribution < 1.29 is 0 Å². The molecule has 2 rings (SSSR count). The summed E-state index contributed by atoms with van der Waals surface area (Å²) in [5.41, 5.74) is 6.33. The Kier molecular flexibility index (Phi) is 4.19. The average Bonchev–Trinajstić information content (AvgIpc) is 2.88. The molecule has 0 radical (unpaired) electrons. The zero-order valence-electron chi connectivity index (χ0n) is 9.78. The second kappa shape index (κ2) is 6.06. The van der Waals surface area contributed by atoms with Crippen molar-refractivity contribution in [2.75, 3.05) is 11.9 Å². The summed E-state index contributed by atoms with van der Waals surface area (Å²) in [6, 6.07) is 1.76. The van der Waals surface area contributed by atoms with Crippen molar-refractivity contribution in [2.24, 2.45) is 5.73 Å². The van der Waals surface area contributed by atoms with Gasteiger partial charge in [0.05, 0.1) is 18.1 Å². The molecule has 7 heteroatoms. The van der Waals surface area contributed by atoms with E-state index >= 15 is 0 Å². The molecule has 2 heterocycles. The van der Waals surface area contributed by atoms with Crippen LogP contribution in [0.3, 0.4) is 0 Å². The number of nitrogens with one attached hydrogen (secondary N) is 1. The maximum absolute atomic E-state index is 5.61. The van der Waals surface area contributed by atoms with Crippen molar-refractivity contribution in [3.8, 4) is 0 Å². The summed E-state index contributed by atoms with van der Waals surface area (Å²) in [6.07, 6.45) is 8.02. The van der Waals surface area contributed by atoms with Crippen LogP contribution in [0.4, 0.5) is 5.82 Å². The SMILES string of the molecule is NC(=S)c1ccnnc1NCCCn1ccnc1. The van der Waals surface area contributed by atoms with Crippen LogP contribution in [0.25, 0.3) is 0 Å². The third-order valence-corrected chi connectivity index (χ3v) is 2.65. The van der Waals surface area contributed by atoms with Gasteiger partial charge < -0.3 is 15.6 Å². The van der Waals surface area contributed by atoms with Crippen molar-refractivity contribution in [3.63, 3.8) is 0 Å². The van der Waals surface area contributed by atoms with Crippen LogP contribution in [-0.2, 0) is 6.54 Å². The minimum absolute atomic E-state index is 0.321. The van der Waals surface area contributed by atoms with Crippen LogP contribution in [0.15, 0.2) is 31.0 Å². The van der Waals surface area contributed by atoms with Gasteiger partial charge in [-0.15, -0.1) is 5.10 Å². The van der Waals surface area contributed by atoms with E-state index in [2.05, 4.69) is 20.5 Å². The molecule has 2 aromatic rings. The number of rotatable bonds is 6. The zero-order valence-corrected chi connectivity index (χ0v) is 10.6. The van der Waals surface area contributed by atoms with Gasteiger partial charge in [-0.1, -0.05) is 12.2 Å². The van der Waals surface area contributed by atoms with Gasteiger partial charge in [-0.25, -0.2) is 4.98 Å². The lowest BCUT2D eigenvalue weighted by molar-refractivity contribution is 0.659. The van der Waals surface area contributed by atoms with Crippen LogP contribution in [0.2, 0.25) is 0 Å². The minimum Gasteiger partial charge on any atom is -0.389 e. The van der Waals surface area contributed by atoms with Gasteiger partial charge >= 0.3 is 0 Å². The molecule has 0 fully saturated rings. The van der Waals surface area contributed by atoms with Crippen molar-refractivity contribution in [2.45, 2.75) is 13.0 Å². The van der Waals surface area contributed by atoms with E-state index in [-0.39, 0.29) is 0 Å². The molecule has 0 saturated heterocycles. The third-order valence-electron chi connectivity index (χ3n) is 2.43. The molecule has 0 saturated carbocycles. The molecule has 0 aliphatic rings. The van der Waals surface area contributed by atoms with Gasteiger partial charge in [-0.3, -0.25) is 0 Å². The summed E-state index contributed by atoms with van der Waals surface area (Å²) in [6.45, 7) is 1.67. The Hall–Kier alpha value is -2.02. The van der Waals surface area contributed by atoms with E-state index in [1.165, 1.54) is 0 Å². The van der Waals surface area contributed by atoms with Gasteiger partial charge in [-0.05, 0) is 12.5 Å². The van der Waals surface area contributed by atoms with E-state index in [4.69, 9.17) is 18.0 Å². The molecule has 0 amide bonds. The first kappa shape index (κ1) is 12.4. The highest BCUT2D eigenvalue weighted by Crippen LogP contribution is 2.09. The molecule has 0 atom stereocenters. The Morgan fingerprint density at radius 1 is 1.44 bits per heavy atom. The lowest BCUT2D eigenvalue weighted by Gasteiger charge is -2.08. The zero-order chi connectivity index (χ0) is 12.8. The Morgan fingerprint density at radius 3 is 3.06 bits per heavy atom. The number of hydrogen-bond acceptors (Lipinski definition) is 5. The molecule has 0 aliphatic heterocycles. The van der Waals surface area contributed by atoms with Crippen LogP contribution >= 0.6 is 12.2 Å². The molecule has 0 unspecified atom stereocenters. The predicted molar refractivity (Wildman–Crippen MR) is 73.3 cm³/mol. The van der Waals surface area contributed by atoms with Gasteiger partial charge in [0.15, 0.2) is 5.82 Å². The van der Waals surface area contributed by atoms with Crippen molar-refractivity contribution in [3.05, 3.63) is 36.5 Å². The summed E-state index contributed by atoms with van der Waals surface area (Å²) >= 11 is 4.95. The summed E-state index contributed by atoms with van der Waals surface area (Å²) in [5, 5.41) is 11.0. The number of aromatic nitrogens is 4. The fourth-order valence-corrected chi connectivity index (χ4v) is 1.71. The molecule has 2 aromatic heterocycles. The molecule has 0 spiro atoms. The molecule has 0 aromatic carbocycles. The standard InChI is InChI=1S/C11H14N6S/c12-10(18)9-2-4-15-16-11(9)14-3-1-6-17-7-5-13-8-17/h2,4-5,7-8H,1,3,6H2,(H2,12,18)(H,14,16).